The summed E-state index contributed by atoms with van der Waals surface area (Å²) in [7, 11) is 1.30. The Morgan fingerprint density at radius 1 is 1.17 bits per heavy atom. The molecular weight excluding hydrogens is 394 g/mol. The molecule has 2 aromatic carbocycles. The number of carbonyl (C=O) groups is 2. The molecule has 0 fully saturated rings. The van der Waals surface area contributed by atoms with Crippen molar-refractivity contribution in [3.8, 4) is 5.75 Å². The van der Waals surface area contributed by atoms with Crippen molar-refractivity contribution in [3.63, 3.8) is 0 Å². The summed E-state index contributed by atoms with van der Waals surface area (Å²) in [5.41, 5.74) is 4.22. The van der Waals surface area contributed by atoms with Crippen LogP contribution in [-0.4, -0.2) is 34.8 Å². The lowest BCUT2D eigenvalue weighted by Gasteiger charge is -2.15. The molecule has 3 aromatic rings. The first-order chi connectivity index (χ1) is 13.7. The summed E-state index contributed by atoms with van der Waals surface area (Å²) >= 11 is 6.23. The lowest BCUT2D eigenvalue weighted by molar-refractivity contribution is -0.147. The quantitative estimate of drug-likeness (QED) is 0.595. The third-order valence-electron chi connectivity index (χ3n) is 5.06. The number of ether oxygens (including phenoxy) is 2. The summed E-state index contributed by atoms with van der Waals surface area (Å²) in [5.74, 6) is -1.03. The first kappa shape index (κ1) is 20.7. The average molecular weight is 416 g/mol. The predicted octanol–water partition coefficient (Wildman–Crippen LogP) is 4.60. The van der Waals surface area contributed by atoms with Crippen molar-refractivity contribution in [2.45, 2.75) is 33.4 Å². The zero-order valence-corrected chi connectivity index (χ0v) is 17.4. The number of carboxylic acid groups (broad SMARTS) is 1. The number of aromatic carboxylic acids is 1. The highest BCUT2D eigenvalue weighted by Gasteiger charge is 2.18. The van der Waals surface area contributed by atoms with Crippen LogP contribution in [-0.2, 0) is 16.1 Å². The summed E-state index contributed by atoms with van der Waals surface area (Å²) in [5, 5.41) is 10.6. The molecular formula is C22H22ClNO5. The number of carboxylic acids is 1. The van der Waals surface area contributed by atoms with Gasteiger partial charge in [-0.2, -0.15) is 0 Å². The molecule has 6 nitrogen and oxygen atoms in total. The van der Waals surface area contributed by atoms with Crippen LogP contribution in [0.5, 0.6) is 5.75 Å². The van der Waals surface area contributed by atoms with E-state index in [1.807, 2.05) is 26.0 Å². The van der Waals surface area contributed by atoms with Crippen LogP contribution in [0.15, 0.2) is 36.4 Å². The first-order valence-electron chi connectivity index (χ1n) is 9.08. The second kappa shape index (κ2) is 8.17. The largest absolute Gasteiger partial charge is 0.478 e. The van der Waals surface area contributed by atoms with Gasteiger partial charge in [0.2, 0.25) is 0 Å². The van der Waals surface area contributed by atoms with Gasteiger partial charge in [0.15, 0.2) is 6.10 Å². The van der Waals surface area contributed by atoms with Gasteiger partial charge in [-0.25, -0.2) is 9.59 Å². The van der Waals surface area contributed by atoms with E-state index in [0.29, 0.717) is 17.3 Å². The first-order valence-corrected chi connectivity index (χ1v) is 9.46. The molecule has 3 rings (SSSR count). The number of hydrogen-bond acceptors (Lipinski definition) is 4. The van der Waals surface area contributed by atoms with Gasteiger partial charge in [-0.1, -0.05) is 17.7 Å². The standard InChI is InChI=1S/C22H22ClNO5/c1-12-13(2)24(19-8-6-16(21(25)26)10-17(12)19)11-15-5-7-18(23)20(9-15)29-14(3)22(27)28-4/h5-10,14H,11H2,1-4H3,(H,25,26). The summed E-state index contributed by atoms with van der Waals surface area (Å²) in [6.07, 6.45) is -0.779. The topological polar surface area (TPSA) is 77.8 Å². The van der Waals surface area contributed by atoms with Gasteiger partial charge in [0, 0.05) is 23.1 Å². The van der Waals surface area contributed by atoms with Gasteiger partial charge in [0.1, 0.15) is 5.75 Å². The second-order valence-electron chi connectivity index (χ2n) is 6.88. The highest BCUT2D eigenvalue weighted by atomic mass is 35.5. The Kier molecular flexibility index (Phi) is 5.84. The lowest BCUT2D eigenvalue weighted by Crippen LogP contribution is -2.25. The molecule has 1 atom stereocenters. The van der Waals surface area contributed by atoms with Crippen molar-refractivity contribution >= 4 is 34.4 Å². The molecule has 29 heavy (non-hydrogen) atoms. The molecule has 7 heteroatoms. The lowest BCUT2D eigenvalue weighted by atomic mass is 10.1. The summed E-state index contributed by atoms with van der Waals surface area (Å²) in [6.45, 7) is 6.13. The summed E-state index contributed by atoms with van der Waals surface area (Å²) in [6, 6.07) is 10.6. The highest BCUT2D eigenvalue weighted by molar-refractivity contribution is 6.32. The van der Waals surface area contributed by atoms with Gasteiger partial charge in [-0.05, 0) is 62.2 Å². The number of rotatable bonds is 6. The molecule has 0 aliphatic rings. The fourth-order valence-corrected chi connectivity index (χ4v) is 3.47. The van der Waals surface area contributed by atoms with Crippen molar-refractivity contribution in [1.82, 2.24) is 4.57 Å². The molecule has 1 unspecified atom stereocenters. The Morgan fingerprint density at radius 2 is 1.90 bits per heavy atom. The Morgan fingerprint density at radius 3 is 2.55 bits per heavy atom. The minimum Gasteiger partial charge on any atom is -0.478 e. The molecule has 0 saturated carbocycles. The van der Waals surface area contributed by atoms with Gasteiger partial charge in [-0.3, -0.25) is 0 Å². The van der Waals surface area contributed by atoms with Crippen molar-refractivity contribution in [2.24, 2.45) is 0 Å². The van der Waals surface area contributed by atoms with Gasteiger partial charge in [-0.15, -0.1) is 0 Å². The van der Waals surface area contributed by atoms with E-state index in [0.717, 1.165) is 27.7 Å². The van der Waals surface area contributed by atoms with Crippen LogP contribution in [0.1, 0.15) is 34.1 Å². The van der Waals surface area contributed by atoms with Crippen LogP contribution in [0.25, 0.3) is 10.9 Å². The van der Waals surface area contributed by atoms with Gasteiger partial charge >= 0.3 is 11.9 Å². The molecule has 152 valence electrons. The number of nitrogens with zero attached hydrogens (tertiary/aromatic N) is 1. The normalized spacial score (nSPS) is 12.0. The number of hydrogen-bond donors (Lipinski definition) is 1. The Balaban J connectivity index is 1.97. The van der Waals surface area contributed by atoms with Crippen molar-refractivity contribution < 1.29 is 24.2 Å². The number of aryl methyl sites for hydroxylation is 1. The maximum atomic E-state index is 11.6. The molecule has 0 radical (unpaired) electrons. The van der Waals surface area contributed by atoms with Gasteiger partial charge < -0.3 is 19.1 Å². The summed E-state index contributed by atoms with van der Waals surface area (Å²) < 4.78 is 12.5. The molecule has 1 N–H and O–H groups in total. The molecule has 0 aliphatic carbocycles. The number of aromatic nitrogens is 1. The van der Waals surface area contributed by atoms with E-state index in [4.69, 9.17) is 21.1 Å². The maximum Gasteiger partial charge on any atom is 0.346 e. The van der Waals surface area contributed by atoms with Gasteiger partial charge in [0.25, 0.3) is 0 Å². The van der Waals surface area contributed by atoms with E-state index in [1.165, 1.54) is 7.11 Å². The van der Waals surface area contributed by atoms with Crippen molar-refractivity contribution in [2.75, 3.05) is 7.11 Å². The molecule has 0 spiro atoms. The highest BCUT2D eigenvalue weighted by Crippen LogP contribution is 2.30. The van der Waals surface area contributed by atoms with E-state index in [9.17, 15) is 14.7 Å². The SMILES string of the molecule is COC(=O)C(C)Oc1cc(Cn2c(C)c(C)c3cc(C(=O)O)ccc32)ccc1Cl. The van der Waals surface area contributed by atoms with E-state index in [1.54, 1.807) is 31.2 Å². The Bertz CT molecular complexity index is 1100. The Hall–Kier alpha value is -2.99. The van der Waals surface area contributed by atoms with Crippen LogP contribution in [0, 0.1) is 13.8 Å². The average Bonchev–Trinajstić information content (AvgIpc) is 2.94. The number of esters is 1. The molecule has 0 bridgehead atoms. The molecule has 0 amide bonds. The van der Waals surface area contributed by atoms with Crippen LogP contribution < -0.4 is 4.74 Å². The third-order valence-corrected chi connectivity index (χ3v) is 5.37. The molecule has 1 aromatic heterocycles. The van der Waals surface area contributed by atoms with Crippen LogP contribution in [0.3, 0.4) is 0 Å². The molecule has 0 saturated heterocycles. The Labute approximate surface area is 173 Å². The van der Waals surface area contributed by atoms with Crippen molar-refractivity contribution in [3.05, 3.63) is 63.8 Å². The summed E-state index contributed by atoms with van der Waals surface area (Å²) in [4.78, 5) is 22.9. The molecule has 1 heterocycles. The van der Waals surface area contributed by atoms with E-state index < -0.39 is 18.0 Å². The number of halogens is 1. The van der Waals surface area contributed by atoms with Gasteiger partial charge in [0.05, 0.1) is 17.7 Å². The number of benzene rings is 2. The van der Waals surface area contributed by atoms with Crippen LogP contribution in [0.4, 0.5) is 0 Å². The maximum absolute atomic E-state index is 11.6. The molecule has 0 aliphatic heterocycles. The number of methoxy groups -OCH3 is 1. The monoisotopic (exact) mass is 415 g/mol. The zero-order chi connectivity index (χ0) is 21.3. The minimum absolute atomic E-state index is 0.261. The predicted molar refractivity (Wildman–Crippen MR) is 111 cm³/mol. The van der Waals surface area contributed by atoms with Crippen LogP contribution in [0.2, 0.25) is 5.02 Å². The smallest absolute Gasteiger partial charge is 0.346 e. The van der Waals surface area contributed by atoms with E-state index >= 15 is 0 Å². The minimum atomic E-state index is -0.948. The fourth-order valence-electron chi connectivity index (χ4n) is 3.31. The number of carbonyl (C=O) groups excluding carboxylic acids is 1. The van der Waals surface area contributed by atoms with Crippen LogP contribution >= 0.6 is 11.6 Å². The van der Waals surface area contributed by atoms with E-state index in [-0.39, 0.29) is 5.56 Å². The fraction of sp³-hybridized carbons (Fsp3) is 0.273. The van der Waals surface area contributed by atoms with Crippen molar-refractivity contribution in [1.29, 1.82) is 0 Å². The number of fused-ring (bicyclic) bond motifs is 1. The zero-order valence-electron chi connectivity index (χ0n) is 16.7. The van der Waals surface area contributed by atoms with E-state index in [2.05, 4.69) is 4.57 Å². The second-order valence-corrected chi connectivity index (χ2v) is 7.29. The third kappa shape index (κ3) is 4.07.